The van der Waals surface area contributed by atoms with E-state index in [9.17, 15) is 23.1 Å². The maximum Gasteiger partial charge on any atom is 0.573 e. The molecule has 1 aliphatic rings. The molecule has 3 atom stereocenters. The largest absolute Gasteiger partial charge is 0.573 e. The summed E-state index contributed by atoms with van der Waals surface area (Å²) in [7, 11) is 0. The van der Waals surface area contributed by atoms with Crippen LogP contribution in [0.4, 0.5) is 29.7 Å². The number of carbonyl (C=O) groups is 1. The van der Waals surface area contributed by atoms with Crippen LogP contribution in [0.3, 0.4) is 0 Å². The minimum Gasteiger partial charge on any atom is -0.447 e. The highest BCUT2D eigenvalue weighted by Gasteiger charge is 2.38. The molecule has 35 heavy (non-hydrogen) atoms. The lowest BCUT2D eigenvalue weighted by molar-refractivity contribution is -0.274. The number of hydrogen-bond donors (Lipinski definition) is 2. The van der Waals surface area contributed by atoms with E-state index in [1.807, 2.05) is 0 Å². The van der Waals surface area contributed by atoms with Gasteiger partial charge in [0, 0.05) is 11.8 Å². The Morgan fingerprint density at radius 3 is 2.74 bits per heavy atom. The topological polar surface area (TPSA) is 136 Å². The first-order valence-corrected chi connectivity index (χ1v) is 10.5. The molecule has 1 aromatic carbocycles. The monoisotopic (exact) mass is 514 g/mol. The Morgan fingerprint density at radius 2 is 2.06 bits per heavy atom. The second-order valence-electron chi connectivity index (χ2n) is 7.51. The quantitative estimate of drug-likeness (QED) is 0.476. The van der Waals surface area contributed by atoms with Gasteiger partial charge in [-0.2, -0.15) is 9.97 Å². The molecular formula is C20H18ClF3N6O5. The number of benzene rings is 1. The van der Waals surface area contributed by atoms with Crippen molar-refractivity contribution in [2.24, 2.45) is 0 Å². The van der Waals surface area contributed by atoms with Gasteiger partial charge in [0.2, 0.25) is 17.7 Å². The molecule has 1 unspecified atom stereocenters. The van der Waals surface area contributed by atoms with E-state index in [1.54, 1.807) is 13.8 Å². The maximum absolute atomic E-state index is 12.4. The molecule has 3 heterocycles. The van der Waals surface area contributed by atoms with Gasteiger partial charge in [-0.3, -0.25) is 4.90 Å². The number of cyclic esters (lactones) is 1. The van der Waals surface area contributed by atoms with Crippen LogP contribution in [0.25, 0.3) is 11.4 Å². The Balaban J connectivity index is 1.48. The Labute approximate surface area is 200 Å². The van der Waals surface area contributed by atoms with Crippen molar-refractivity contribution in [1.29, 1.82) is 0 Å². The molecule has 3 aromatic rings. The summed E-state index contributed by atoms with van der Waals surface area (Å²) in [5, 5.41) is 16.4. The second-order valence-corrected chi connectivity index (χ2v) is 7.92. The van der Waals surface area contributed by atoms with Crippen LogP contribution in [0.2, 0.25) is 5.02 Å². The fourth-order valence-corrected chi connectivity index (χ4v) is 3.46. The molecule has 11 nitrogen and oxygen atoms in total. The third-order valence-electron chi connectivity index (χ3n) is 4.92. The molecule has 1 amide bonds. The van der Waals surface area contributed by atoms with Crippen molar-refractivity contribution >= 4 is 29.5 Å². The molecule has 0 bridgehead atoms. The second kappa shape index (κ2) is 9.54. The molecule has 1 fully saturated rings. The number of anilines is 2. The van der Waals surface area contributed by atoms with Gasteiger partial charge >= 0.3 is 12.5 Å². The van der Waals surface area contributed by atoms with Crippen LogP contribution in [0.5, 0.6) is 5.75 Å². The van der Waals surface area contributed by atoms with E-state index in [1.165, 1.54) is 29.3 Å². The predicted molar refractivity (Wildman–Crippen MR) is 115 cm³/mol. The molecule has 0 saturated carbocycles. The average molecular weight is 515 g/mol. The number of amides is 1. The number of alkyl halides is 3. The first-order valence-electron chi connectivity index (χ1n) is 10.1. The van der Waals surface area contributed by atoms with Crippen molar-refractivity contribution in [2.75, 3.05) is 16.8 Å². The van der Waals surface area contributed by atoms with Crippen molar-refractivity contribution in [3.05, 3.63) is 41.4 Å². The highest BCUT2D eigenvalue weighted by atomic mass is 35.5. The van der Waals surface area contributed by atoms with Crippen LogP contribution in [-0.4, -0.2) is 56.4 Å². The number of nitrogens with zero attached hydrogens (tertiary/aromatic N) is 5. The van der Waals surface area contributed by atoms with Crippen molar-refractivity contribution in [1.82, 2.24) is 20.1 Å². The molecule has 15 heteroatoms. The zero-order valence-electron chi connectivity index (χ0n) is 18.2. The summed E-state index contributed by atoms with van der Waals surface area (Å²) in [5.74, 6) is 0.0191. The van der Waals surface area contributed by atoms with Gasteiger partial charge in [-0.15, -0.1) is 13.2 Å². The fraction of sp³-hybridized carbons (Fsp3) is 0.350. The van der Waals surface area contributed by atoms with Crippen LogP contribution < -0.4 is 15.0 Å². The van der Waals surface area contributed by atoms with Crippen LogP contribution in [0, 0.1) is 0 Å². The summed E-state index contributed by atoms with van der Waals surface area (Å²) in [6, 6.07) is 3.88. The molecule has 4 rings (SSSR count). The Morgan fingerprint density at radius 1 is 1.29 bits per heavy atom. The van der Waals surface area contributed by atoms with E-state index in [4.69, 9.17) is 20.9 Å². The van der Waals surface area contributed by atoms with Gasteiger partial charge in [-0.05, 0) is 38.1 Å². The summed E-state index contributed by atoms with van der Waals surface area (Å²) in [6.07, 6.45) is -4.93. The average Bonchev–Trinajstić information content (AvgIpc) is 3.42. The number of hydrogen-bond acceptors (Lipinski definition) is 10. The van der Waals surface area contributed by atoms with Gasteiger partial charge in [0.1, 0.15) is 30.3 Å². The first-order chi connectivity index (χ1) is 16.5. The normalized spacial score (nSPS) is 17.7. The molecule has 1 aliphatic heterocycles. The lowest BCUT2D eigenvalue weighted by Gasteiger charge is -2.22. The molecule has 186 valence electrons. The summed E-state index contributed by atoms with van der Waals surface area (Å²) in [5.41, 5.74) is 0.307. The number of aliphatic hydroxyl groups excluding tert-OH is 1. The van der Waals surface area contributed by atoms with Gasteiger partial charge in [-0.1, -0.05) is 16.8 Å². The Bertz CT molecular complexity index is 1220. The first kappa shape index (κ1) is 24.5. The van der Waals surface area contributed by atoms with E-state index >= 15 is 0 Å². The Kier molecular flexibility index (Phi) is 6.67. The minimum atomic E-state index is -4.88. The summed E-state index contributed by atoms with van der Waals surface area (Å²) in [4.78, 5) is 26.0. The van der Waals surface area contributed by atoms with Crippen LogP contribution in [0.1, 0.15) is 25.8 Å². The van der Waals surface area contributed by atoms with Gasteiger partial charge < -0.3 is 24.4 Å². The zero-order chi connectivity index (χ0) is 25.3. The summed E-state index contributed by atoms with van der Waals surface area (Å²) >= 11 is 5.88. The fourth-order valence-electron chi connectivity index (χ4n) is 3.24. The van der Waals surface area contributed by atoms with E-state index in [0.29, 0.717) is 5.56 Å². The maximum atomic E-state index is 12.4. The van der Waals surface area contributed by atoms with E-state index in [-0.39, 0.29) is 35.1 Å². The zero-order valence-corrected chi connectivity index (χ0v) is 18.9. The molecule has 1 saturated heterocycles. The summed E-state index contributed by atoms with van der Waals surface area (Å²) in [6.45, 7) is 3.25. The predicted octanol–water partition coefficient (Wildman–Crippen LogP) is 3.96. The van der Waals surface area contributed by atoms with Crippen LogP contribution >= 0.6 is 11.6 Å². The molecule has 2 aromatic heterocycles. The van der Waals surface area contributed by atoms with Gasteiger partial charge in [0.25, 0.3) is 0 Å². The van der Waals surface area contributed by atoms with E-state index < -0.39 is 36.4 Å². The van der Waals surface area contributed by atoms with Gasteiger partial charge in [0.05, 0.1) is 11.1 Å². The van der Waals surface area contributed by atoms with Crippen LogP contribution in [0.15, 0.2) is 35.0 Å². The Hall–Kier alpha value is -3.65. The molecular weight excluding hydrogens is 497 g/mol. The molecule has 0 aliphatic carbocycles. The molecule has 2 N–H and O–H groups in total. The number of carbonyl (C=O) groups excluding carboxylic acids is 1. The number of nitrogens with one attached hydrogen (secondary N) is 1. The lowest BCUT2D eigenvalue weighted by Crippen LogP contribution is -2.41. The molecule has 0 spiro atoms. The number of rotatable bonds is 7. The molecule has 0 radical (unpaired) electrons. The standard InChI is InChI=1S/C20H18ClF3N6O5/c1-9(26-18-25-6-5-15(27-18)30-13(10(2)31)8-33-19(30)32)17-28-16(29-35-17)11-3-4-14(12(21)7-11)34-20(22,23)24/h3-7,9-10,13,31H,8H2,1-2H3,(H,25,26,27)/t9-,10-,13?/m1/s1. The van der Waals surface area contributed by atoms with E-state index in [0.717, 1.165) is 6.07 Å². The van der Waals surface area contributed by atoms with Crippen LogP contribution in [-0.2, 0) is 4.74 Å². The number of ether oxygens (including phenoxy) is 2. The van der Waals surface area contributed by atoms with Gasteiger partial charge in [0.15, 0.2) is 0 Å². The lowest BCUT2D eigenvalue weighted by atomic mass is 10.2. The SMILES string of the molecule is C[C@@H](Nc1nccc(N2C(=O)OCC2[C@@H](C)O)n1)c1nc(-c2ccc(OC(F)(F)F)c(Cl)c2)no1. The minimum absolute atomic E-state index is 0.0256. The highest BCUT2D eigenvalue weighted by molar-refractivity contribution is 6.32. The number of halogens is 4. The van der Waals surface area contributed by atoms with Gasteiger partial charge in [-0.25, -0.2) is 9.78 Å². The van der Waals surface area contributed by atoms with Crippen molar-refractivity contribution in [3.63, 3.8) is 0 Å². The smallest absolute Gasteiger partial charge is 0.447 e. The third kappa shape index (κ3) is 5.54. The van der Waals surface area contributed by atoms with Crippen molar-refractivity contribution < 1.29 is 37.1 Å². The van der Waals surface area contributed by atoms with Crippen molar-refractivity contribution in [3.8, 4) is 17.1 Å². The highest BCUT2D eigenvalue weighted by Crippen LogP contribution is 2.33. The van der Waals surface area contributed by atoms with E-state index in [2.05, 4.69) is 30.2 Å². The van der Waals surface area contributed by atoms with Crippen molar-refractivity contribution in [2.45, 2.75) is 38.4 Å². The number of aliphatic hydroxyl groups is 1. The number of aromatic nitrogens is 4. The summed E-state index contributed by atoms with van der Waals surface area (Å²) < 4.78 is 51.4. The third-order valence-corrected chi connectivity index (χ3v) is 5.22.